The molecular weight excluding hydrogens is 320 g/mol. The maximum Gasteiger partial charge on any atom is 0.338 e. The minimum atomic E-state index is -1.02. The van der Waals surface area contributed by atoms with E-state index in [1.165, 1.54) is 0 Å². The van der Waals surface area contributed by atoms with Gasteiger partial charge < -0.3 is 28.4 Å². The molecule has 24 heavy (non-hydrogen) atoms. The molecule has 2 aliphatic rings. The highest BCUT2D eigenvalue weighted by Gasteiger charge is 2.58. The summed E-state index contributed by atoms with van der Waals surface area (Å²) in [7, 11) is 0. The van der Waals surface area contributed by atoms with Crippen LogP contribution in [0.15, 0.2) is 0 Å². The smallest absolute Gasteiger partial charge is 0.338 e. The summed E-state index contributed by atoms with van der Waals surface area (Å²) in [6.45, 7) is 10.5. The Balaban J connectivity index is 2.26. The predicted octanol–water partition coefficient (Wildman–Crippen LogP) is 1.15. The Labute approximate surface area is 141 Å². The van der Waals surface area contributed by atoms with Crippen LogP contribution in [0.25, 0.3) is 0 Å². The Morgan fingerprint density at radius 1 is 0.750 bits per heavy atom. The molecule has 8 heteroatoms. The maximum atomic E-state index is 12.2. The molecule has 8 nitrogen and oxygen atoms in total. The van der Waals surface area contributed by atoms with Gasteiger partial charge >= 0.3 is 11.9 Å². The van der Waals surface area contributed by atoms with Crippen molar-refractivity contribution in [1.82, 2.24) is 0 Å². The lowest BCUT2D eigenvalue weighted by Crippen LogP contribution is -2.48. The van der Waals surface area contributed by atoms with Gasteiger partial charge in [0.1, 0.15) is 12.2 Å². The first-order valence-corrected chi connectivity index (χ1v) is 8.14. The second-order valence-corrected chi connectivity index (χ2v) is 6.55. The van der Waals surface area contributed by atoms with Crippen LogP contribution in [0.2, 0.25) is 0 Å². The number of rotatable bonds is 5. The normalized spacial score (nSPS) is 34.1. The van der Waals surface area contributed by atoms with Gasteiger partial charge in [0.2, 0.25) is 0 Å². The van der Waals surface area contributed by atoms with Crippen molar-refractivity contribution >= 4 is 11.9 Å². The van der Waals surface area contributed by atoms with E-state index in [-0.39, 0.29) is 13.2 Å². The number of esters is 2. The fourth-order valence-corrected chi connectivity index (χ4v) is 2.87. The topological polar surface area (TPSA) is 89.5 Å². The minimum absolute atomic E-state index is 0.209. The molecule has 0 aliphatic carbocycles. The summed E-state index contributed by atoms with van der Waals surface area (Å²) in [6, 6.07) is 0. The molecular formula is C16H26O8. The summed E-state index contributed by atoms with van der Waals surface area (Å²) in [5.74, 6) is -3.16. The van der Waals surface area contributed by atoms with Crippen LogP contribution in [0.4, 0.5) is 0 Å². The average molecular weight is 346 g/mol. The maximum absolute atomic E-state index is 12.2. The third-order valence-electron chi connectivity index (χ3n) is 3.62. The van der Waals surface area contributed by atoms with Gasteiger partial charge in [-0.05, 0) is 41.5 Å². The zero-order valence-electron chi connectivity index (χ0n) is 15.0. The van der Waals surface area contributed by atoms with E-state index in [0.29, 0.717) is 0 Å². The lowest BCUT2D eigenvalue weighted by molar-refractivity contribution is -0.177. The van der Waals surface area contributed by atoms with Crippen LogP contribution in [-0.4, -0.2) is 61.1 Å². The largest absolute Gasteiger partial charge is 0.464 e. The zero-order valence-corrected chi connectivity index (χ0v) is 15.0. The van der Waals surface area contributed by atoms with Crippen LogP contribution in [0.5, 0.6) is 0 Å². The molecule has 0 radical (unpaired) electrons. The molecule has 1 unspecified atom stereocenters. The van der Waals surface area contributed by atoms with E-state index in [9.17, 15) is 9.59 Å². The minimum Gasteiger partial charge on any atom is -0.464 e. The molecule has 2 aliphatic heterocycles. The highest BCUT2D eigenvalue weighted by atomic mass is 16.8. The Hall–Kier alpha value is -1.22. The summed E-state index contributed by atoms with van der Waals surface area (Å²) in [4.78, 5) is 24.4. The van der Waals surface area contributed by atoms with Crippen molar-refractivity contribution in [3.05, 3.63) is 0 Å². The van der Waals surface area contributed by atoms with Crippen LogP contribution in [0.3, 0.4) is 0 Å². The lowest BCUT2D eigenvalue weighted by Gasteiger charge is -2.24. The molecule has 0 N–H and O–H groups in total. The molecule has 0 amide bonds. The van der Waals surface area contributed by atoms with Gasteiger partial charge in [-0.1, -0.05) is 0 Å². The Kier molecular flexibility index (Phi) is 5.54. The average Bonchev–Trinajstić information content (AvgIpc) is 2.95. The van der Waals surface area contributed by atoms with Gasteiger partial charge in [-0.3, -0.25) is 0 Å². The van der Waals surface area contributed by atoms with Crippen molar-refractivity contribution in [2.75, 3.05) is 13.2 Å². The molecule has 2 saturated heterocycles. The third-order valence-corrected chi connectivity index (χ3v) is 3.62. The van der Waals surface area contributed by atoms with Crippen molar-refractivity contribution in [3.63, 3.8) is 0 Å². The van der Waals surface area contributed by atoms with Crippen molar-refractivity contribution in [3.8, 4) is 0 Å². The van der Waals surface area contributed by atoms with Crippen molar-refractivity contribution in [2.45, 2.75) is 77.5 Å². The molecule has 0 saturated carbocycles. The molecule has 2 rings (SSSR count). The van der Waals surface area contributed by atoms with Gasteiger partial charge in [-0.25, -0.2) is 9.59 Å². The standard InChI is InChI=1S/C16H26O8/c1-7-19-13(17)11-9(21-15(3,4)23-11)10-12(14(18)20-8-2)24-16(5,6)22-10/h9-12H,7-8H2,1-6H3/t9-,10+,11+,12?/m1/s1. The van der Waals surface area contributed by atoms with Gasteiger partial charge in [0.25, 0.3) is 0 Å². The number of carbonyl (C=O) groups excluding carboxylic acids is 2. The molecule has 138 valence electrons. The summed E-state index contributed by atoms with van der Waals surface area (Å²) in [5, 5.41) is 0. The van der Waals surface area contributed by atoms with Crippen molar-refractivity contribution in [2.24, 2.45) is 0 Å². The van der Waals surface area contributed by atoms with Gasteiger partial charge in [0.15, 0.2) is 23.8 Å². The highest BCUT2D eigenvalue weighted by molar-refractivity contribution is 5.78. The molecule has 0 spiro atoms. The Morgan fingerprint density at radius 3 is 1.38 bits per heavy atom. The van der Waals surface area contributed by atoms with Crippen LogP contribution in [0.1, 0.15) is 41.5 Å². The van der Waals surface area contributed by atoms with E-state index in [1.54, 1.807) is 41.5 Å². The van der Waals surface area contributed by atoms with Gasteiger partial charge in [-0.15, -0.1) is 0 Å². The van der Waals surface area contributed by atoms with Gasteiger partial charge in [-0.2, -0.15) is 0 Å². The van der Waals surface area contributed by atoms with E-state index in [0.717, 1.165) is 0 Å². The van der Waals surface area contributed by atoms with Crippen LogP contribution in [-0.2, 0) is 38.0 Å². The van der Waals surface area contributed by atoms with E-state index in [4.69, 9.17) is 28.4 Å². The summed E-state index contributed by atoms with van der Waals surface area (Å²) < 4.78 is 33.1. The van der Waals surface area contributed by atoms with Crippen molar-refractivity contribution < 1.29 is 38.0 Å². The first-order valence-electron chi connectivity index (χ1n) is 8.14. The molecule has 0 aromatic rings. The SMILES string of the molecule is CCOC(=O)C1OC(C)(C)O[C@H]1[C@H]1OC(C)(C)O[C@@H]1C(=O)OCC. The first-order chi connectivity index (χ1) is 11.1. The highest BCUT2D eigenvalue weighted by Crippen LogP contribution is 2.39. The number of carbonyl (C=O) groups is 2. The third kappa shape index (κ3) is 4.05. The Morgan fingerprint density at radius 2 is 1.08 bits per heavy atom. The van der Waals surface area contributed by atoms with E-state index in [1.807, 2.05) is 0 Å². The van der Waals surface area contributed by atoms with Crippen LogP contribution < -0.4 is 0 Å². The van der Waals surface area contributed by atoms with E-state index in [2.05, 4.69) is 0 Å². The zero-order chi connectivity index (χ0) is 18.1. The molecule has 0 bridgehead atoms. The second kappa shape index (κ2) is 6.95. The Bertz CT molecular complexity index is 442. The summed E-state index contributed by atoms with van der Waals surface area (Å²) in [5.41, 5.74) is 0. The van der Waals surface area contributed by atoms with E-state index < -0.39 is 47.9 Å². The first kappa shape index (κ1) is 19.1. The summed E-state index contributed by atoms with van der Waals surface area (Å²) in [6.07, 6.45) is -3.73. The molecule has 0 aromatic heterocycles. The number of ether oxygens (including phenoxy) is 6. The molecule has 2 fully saturated rings. The van der Waals surface area contributed by atoms with Crippen LogP contribution in [0, 0.1) is 0 Å². The predicted molar refractivity (Wildman–Crippen MR) is 80.9 cm³/mol. The monoisotopic (exact) mass is 346 g/mol. The lowest BCUT2D eigenvalue weighted by atomic mass is 10.0. The summed E-state index contributed by atoms with van der Waals surface area (Å²) >= 11 is 0. The van der Waals surface area contributed by atoms with Gasteiger partial charge in [0.05, 0.1) is 13.2 Å². The van der Waals surface area contributed by atoms with Gasteiger partial charge in [0, 0.05) is 0 Å². The molecule has 2 heterocycles. The number of hydrogen-bond donors (Lipinski definition) is 0. The molecule has 0 aromatic carbocycles. The van der Waals surface area contributed by atoms with E-state index >= 15 is 0 Å². The van der Waals surface area contributed by atoms with Crippen molar-refractivity contribution in [1.29, 1.82) is 0 Å². The fraction of sp³-hybridized carbons (Fsp3) is 0.875. The fourth-order valence-electron chi connectivity index (χ4n) is 2.87. The van der Waals surface area contributed by atoms with Crippen LogP contribution >= 0.6 is 0 Å². The quantitative estimate of drug-likeness (QED) is 0.685. The second-order valence-electron chi connectivity index (χ2n) is 6.55. The molecule has 4 atom stereocenters. The number of hydrogen-bond acceptors (Lipinski definition) is 8.